The van der Waals surface area contributed by atoms with Gasteiger partial charge < -0.3 is 10.1 Å². The van der Waals surface area contributed by atoms with Crippen LogP contribution < -0.4 is 5.32 Å². The Morgan fingerprint density at radius 2 is 1.63 bits per heavy atom. The molecule has 0 saturated heterocycles. The molecule has 0 atom stereocenters. The van der Waals surface area contributed by atoms with Crippen LogP contribution in [0.2, 0.25) is 0 Å². The van der Waals surface area contributed by atoms with E-state index in [1.165, 1.54) is 7.11 Å². The lowest BCUT2D eigenvalue weighted by atomic mass is 10.1. The van der Waals surface area contributed by atoms with Crippen molar-refractivity contribution in [3.05, 3.63) is 77.4 Å². The Kier molecular flexibility index (Phi) is 8.32. The Hall–Kier alpha value is -2.86. The van der Waals surface area contributed by atoms with E-state index < -0.39 is 5.97 Å². The van der Waals surface area contributed by atoms with Gasteiger partial charge in [0, 0.05) is 23.4 Å². The third-order valence-corrected chi connectivity index (χ3v) is 4.60. The number of ether oxygens (including phenoxy) is 1. The third kappa shape index (κ3) is 7.11. The molecular formula is C21H21NO4S. The molecule has 0 radical (unpaired) electrons. The number of rotatable bonds is 8. The summed E-state index contributed by atoms with van der Waals surface area (Å²) in [5.74, 6) is -0.471. The van der Waals surface area contributed by atoms with Crippen LogP contribution in [0.25, 0.3) is 6.08 Å². The molecule has 0 heterocycles. The summed E-state index contributed by atoms with van der Waals surface area (Å²) in [5, 5.41) is 2.60. The van der Waals surface area contributed by atoms with Gasteiger partial charge in [-0.3, -0.25) is 14.4 Å². The molecule has 140 valence electrons. The lowest BCUT2D eigenvalue weighted by Gasteiger charge is -2.09. The number of hydrogen-bond acceptors (Lipinski definition) is 5. The van der Waals surface area contributed by atoms with E-state index in [2.05, 4.69) is 10.1 Å². The van der Waals surface area contributed by atoms with Gasteiger partial charge in [0.15, 0.2) is 0 Å². The fourth-order valence-corrected chi connectivity index (χ4v) is 3.02. The number of nitrogens with one attached hydrogen (secondary N) is 1. The first-order chi connectivity index (χ1) is 13.1. The summed E-state index contributed by atoms with van der Waals surface area (Å²) in [6, 6.07) is 18.3. The highest BCUT2D eigenvalue weighted by molar-refractivity contribution is 8.14. The summed E-state index contributed by atoms with van der Waals surface area (Å²) in [6.07, 6.45) is 1.84. The van der Waals surface area contributed by atoms with Crippen LogP contribution in [-0.4, -0.2) is 36.4 Å². The minimum atomic E-state index is -0.391. The van der Waals surface area contributed by atoms with E-state index in [-0.39, 0.29) is 29.7 Å². The van der Waals surface area contributed by atoms with E-state index in [1.54, 1.807) is 30.3 Å². The number of benzene rings is 2. The molecule has 0 bridgehead atoms. The second kappa shape index (κ2) is 11.0. The highest BCUT2D eigenvalue weighted by atomic mass is 32.2. The smallest absolute Gasteiger partial charge is 0.307 e. The minimum absolute atomic E-state index is 0.0942. The van der Waals surface area contributed by atoms with Crippen molar-refractivity contribution in [2.45, 2.75) is 6.42 Å². The van der Waals surface area contributed by atoms with Crippen LogP contribution in [0, 0.1) is 0 Å². The van der Waals surface area contributed by atoms with E-state index in [0.29, 0.717) is 11.1 Å². The molecule has 0 saturated carbocycles. The van der Waals surface area contributed by atoms with Gasteiger partial charge in [0.2, 0.25) is 11.0 Å². The van der Waals surface area contributed by atoms with Crippen LogP contribution in [-0.2, 0) is 14.3 Å². The Morgan fingerprint density at radius 1 is 1.00 bits per heavy atom. The van der Waals surface area contributed by atoms with Crippen molar-refractivity contribution in [3.8, 4) is 0 Å². The van der Waals surface area contributed by atoms with E-state index >= 15 is 0 Å². The molecule has 0 fully saturated rings. The molecule has 0 unspecified atom stereocenters. The van der Waals surface area contributed by atoms with Crippen molar-refractivity contribution >= 4 is 34.8 Å². The number of methoxy groups -OCH3 is 1. The molecule has 2 aromatic rings. The van der Waals surface area contributed by atoms with Gasteiger partial charge in [-0.25, -0.2) is 0 Å². The van der Waals surface area contributed by atoms with Crippen LogP contribution in [0.3, 0.4) is 0 Å². The molecular weight excluding hydrogens is 362 g/mol. The van der Waals surface area contributed by atoms with Gasteiger partial charge in [0.25, 0.3) is 0 Å². The first-order valence-electron chi connectivity index (χ1n) is 8.43. The predicted octanol–water partition coefficient (Wildman–Crippen LogP) is 3.32. The number of carbonyl (C=O) groups excluding carboxylic acids is 3. The van der Waals surface area contributed by atoms with Crippen LogP contribution in [0.15, 0.2) is 66.2 Å². The van der Waals surface area contributed by atoms with E-state index in [9.17, 15) is 14.4 Å². The van der Waals surface area contributed by atoms with Crippen LogP contribution >= 0.6 is 11.8 Å². The first kappa shape index (κ1) is 20.5. The predicted molar refractivity (Wildman–Crippen MR) is 107 cm³/mol. The maximum atomic E-state index is 12.5. The molecule has 27 heavy (non-hydrogen) atoms. The highest BCUT2D eigenvalue weighted by Crippen LogP contribution is 2.18. The number of thioether (sulfide) groups is 1. The zero-order valence-electron chi connectivity index (χ0n) is 15.0. The average Bonchev–Trinajstić information content (AvgIpc) is 2.71. The molecule has 1 N–H and O–H groups in total. The third-order valence-electron chi connectivity index (χ3n) is 3.64. The maximum absolute atomic E-state index is 12.5. The first-order valence-corrected chi connectivity index (χ1v) is 9.41. The molecule has 1 amide bonds. The molecule has 2 rings (SSSR count). The monoisotopic (exact) mass is 383 g/mol. The topological polar surface area (TPSA) is 72.5 Å². The van der Waals surface area contributed by atoms with Gasteiger partial charge in [-0.05, 0) is 11.6 Å². The second-order valence-electron chi connectivity index (χ2n) is 5.60. The number of carbonyl (C=O) groups is 3. The average molecular weight is 383 g/mol. The standard InChI is InChI=1S/C21H21NO4S/c1-26-19(23)12-13-22-20(24)18(14-16-8-4-2-5-9-16)15-27-21(25)17-10-6-3-7-11-17/h2-11,14H,12-13,15H2,1H3,(H,22,24). The van der Waals surface area contributed by atoms with E-state index in [0.717, 1.165) is 17.3 Å². The zero-order chi connectivity index (χ0) is 19.5. The van der Waals surface area contributed by atoms with Gasteiger partial charge in [0.1, 0.15) is 0 Å². The van der Waals surface area contributed by atoms with Crippen molar-refractivity contribution in [1.29, 1.82) is 0 Å². The van der Waals surface area contributed by atoms with Crippen molar-refractivity contribution in [2.24, 2.45) is 0 Å². The number of amides is 1. The summed E-state index contributed by atoms with van der Waals surface area (Å²) >= 11 is 1.07. The quantitative estimate of drug-likeness (QED) is 0.559. The molecule has 0 aromatic heterocycles. The lowest BCUT2D eigenvalue weighted by Crippen LogP contribution is -2.28. The van der Waals surface area contributed by atoms with Crippen molar-refractivity contribution in [3.63, 3.8) is 0 Å². The molecule has 0 spiro atoms. The number of esters is 1. The minimum Gasteiger partial charge on any atom is -0.469 e. The van der Waals surface area contributed by atoms with Crippen molar-refractivity contribution in [2.75, 3.05) is 19.4 Å². The van der Waals surface area contributed by atoms with Crippen LogP contribution in [0.1, 0.15) is 22.3 Å². The molecule has 6 heteroatoms. The Balaban J connectivity index is 2.05. The highest BCUT2D eigenvalue weighted by Gasteiger charge is 2.14. The van der Waals surface area contributed by atoms with E-state index in [1.807, 2.05) is 36.4 Å². The number of hydrogen-bond donors (Lipinski definition) is 1. The maximum Gasteiger partial charge on any atom is 0.307 e. The normalized spacial score (nSPS) is 10.9. The van der Waals surface area contributed by atoms with E-state index in [4.69, 9.17) is 0 Å². The molecule has 2 aromatic carbocycles. The van der Waals surface area contributed by atoms with Gasteiger partial charge >= 0.3 is 5.97 Å². The molecule has 0 aliphatic carbocycles. The Bertz CT molecular complexity index is 803. The fraction of sp³-hybridized carbons (Fsp3) is 0.190. The van der Waals surface area contributed by atoms with Gasteiger partial charge in [0.05, 0.1) is 13.5 Å². The molecule has 0 aliphatic rings. The molecule has 0 aliphatic heterocycles. The van der Waals surface area contributed by atoms with Crippen molar-refractivity contribution in [1.82, 2.24) is 5.32 Å². The van der Waals surface area contributed by atoms with Gasteiger partial charge in [-0.15, -0.1) is 0 Å². The SMILES string of the molecule is COC(=O)CCNC(=O)C(=Cc1ccccc1)CSC(=O)c1ccccc1. The largest absolute Gasteiger partial charge is 0.469 e. The second-order valence-corrected chi connectivity index (χ2v) is 6.55. The van der Waals surface area contributed by atoms with Gasteiger partial charge in [-0.2, -0.15) is 0 Å². The lowest BCUT2D eigenvalue weighted by molar-refractivity contribution is -0.140. The Morgan fingerprint density at radius 3 is 2.26 bits per heavy atom. The summed E-state index contributed by atoms with van der Waals surface area (Å²) in [4.78, 5) is 36.0. The zero-order valence-corrected chi connectivity index (χ0v) is 15.8. The summed E-state index contributed by atoms with van der Waals surface area (Å²) in [5.41, 5.74) is 1.91. The fourth-order valence-electron chi connectivity index (χ4n) is 2.22. The van der Waals surface area contributed by atoms with Gasteiger partial charge in [-0.1, -0.05) is 72.4 Å². The van der Waals surface area contributed by atoms with Crippen molar-refractivity contribution < 1.29 is 19.1 Å². The van der Waals surface area contributed by atoms with Crippen LogP contribution in [0.4, 0.5) is 0 Å². The van der Waals surface area contributed by atoms with Crippen LogP contribution in [0.5, 0.6) is 0 Å². The Labute approximate surface area is 162 Å². The molecule has 5 nitrogen and oxygen atoms in total. The summed E-state index contributed by atoms with van der Waals surface area (Å²) in [6.45, 7) is 0.176. The summed E-state index contributed by atoms with van der Waals surface area (Å²) < 4.78 is 4.56. The summed E-state index contributed by atoms with van der Waals surface area (Å²) in [7, 11) is 1.30.